The molecule has 0 aliphatic carbocycles. The maximum Gasteiger partial charge on any atom is 0.136 e. The number of hydrogen-bond acceptors (Lipinski definition) is 3. The summed E-state index contributed by atoms with van der Waals surface area (Å²) in [4.78, 5) is 0. The van der Waals surface area contributed by atoms with Crippen LogP contribution in [0.15, 0.2) is 28.8 Å². The van der Waals surface area contributed by atoms with Crippen LogP contribution in [-0.4, -0.2) is 22.4 Å². The Morgan fingerprint density at radius 3 is 2.95 bits per heavy atom. The van der Waals surface area contributed by atoms with Gasteiger partial charge in [0.15, 0.2) is 0 Å². The van der Waals surface area contributed by atoms with Crippen molar-refractivity contribution >= 4 is 21.9 Å². The minimum Gasteiger partial charge on any atom is -0.461 e. The Labute approximate surface area is 118 Å². The van der Waals surface area contributed by atoms with Crippen LogP contribution in [0.1, 0.15) is 26.5 Å². The molecule has 1 N–H and O–H groups in total. The fourth-order valence-corrected chi connectivity index (χ4v) is 2.73. The zero-order chi connectivity index (χ0) is 14.1. The number of aromatic nitrogens is 2. The quantitative estimate of drug-likeness (QED) is 0.774. The van der Waals surface area contributed by atoms with E-state index in [0.29, 0.717) is 6.04 Å². The predicted molar refractivity (Wildman–Crippen MR) is 82.0 cm³/mol. The number of hydrogen-bond donors (Lipinski definition) is 1. The molecule has 0 bridgehead atoms. The first-order chi connectivity index (χ1) is 9.72. The number of rotatable bonds is 5. The number of likely N-dealkylation sites (N-methyl/N-ethyl adjacent to an activating group) is 1. The number of furan rings is 1. The van der Waals surface area contributed by atoms with Crippen LogP contribution in [-0.2, 0) is 13.0 Å². The monoisotopic (exact) mass is 271 g/mol. The number of benzene rings is 1. The van der Waals surface area contributed by atoms with E-state index in [-0.39, 0.29) is 0 Å². The normalized spacial score (nSPS) is 13.3. The molecule has 0 radical (unpaired) electrons. The molecule has 0 aliphatic rings. The van der Waals surface area contributed by atoms with E-state index in [9.17, 15) is 0 Å². The van der Waals surface area contributed by atoms with Crippen molar-refractivity contribution in [2.45, 2.75) is 39.8 Å². The second-order valence-corrected chi connectivity index (χ2v) is 5.27. The smallest absolute Gasteiger partial charge is 0.136 e. The zero-order valence-electron chi connectivity index (χ0n) is 12.3. The van der Waals surface area contributed by atoms with Crippen LogP contribution in [0.25, 0.3) is 21.9 Å². The van der Waals surface area contributed by atoms with Gasteiger partial charge in [0.05, 0.1) is 18.3 Å². The molecule has 0 fully saturated rings. The SMILES string of the molecule is CCNC(C)Cn1ncc2ccc3oc(CC)cc3c21. The van der Waals surface area contributed by atoms with Crippen molar-refractivity contribution in [3.05, 3.63) is 30.2 Å². The summed E-state index contributed by atoms with van der Waals surface area (Å²) in [5, 5.41) is 10.3. The van der Waals surface area contributed by atoms with Gasteiger partial charge >= 0.3 is 0 Å². The Bertz CT molecular complexity index is 726. The molecule has 4 heteroatoms. The lowest BCUT2D eigenvalue weighted by Crippen LogP contribution is -2.30. The highest BCUT2D eigenvalue weighted by Crippen LogP contribution is 2.28. The third-order valence-corrected chi connectivity index (χ3v) is 3.70. The van der Waals surface area contributed by atoms with Gasteiger partial charge in [0.1, 0.15) is 11.3 Å². The Kier molecular flexibility index (Phi) is 3.49. The molecule has 1 aromatic carbocycles. The second kappa shape index (κ2) is 5.29. The van der Waals surface area contributed by atoms with E-state index >= 15 is 0 Å². The van der Waals surface area contributed by atoms with Gasteiger partial charge in [-0.15, -0.1) is 0 Å². The molecule has 4 nitrogen and oxygen atoms in total. The summed E-state index contributed by atoms with van der Waals surface area (Å²) in [5.74, 6) is 1.03. The first-order valence-corrected chi connectivity index (χ1v) is 7.33. The predicted octanol–water partition coefficient (Wildman–Crippen LogP) is 3.34. The topological polar surface area (TPSA) is 43.0 Å². The van der Waals surface area contributed by atoms with Crippen LogP contribution in [0.5, 0.6) is 0 Å². The van der Waals surface area contributed by atoms with Gasteiger partial charge in [-0.3, -0.25) is 4.68 Å². The lowest BCUT2D eigenvalue weighted by atomic mass is 10.2. The highest BCUT2D eigenvalue weighted by Gasteiger charge is 2.12. The van der Waals surface area contributed by atoms with Crippen LogP contribution in [0, 0.1) is 0 Å². The summed E-state index contributed by atoms with van der Waals surface area (Å²) in [5.41, 5.74) is 2.13. The fraction of sp³-hybridized carbons (Fsp3) is 0.438. The number of fused-ring (bicyclic) bond motifs is 3. The lowest BCUT2D eigenvalue weighted by molar-refractivity contribution is 0.470. The number of nitrogens with one attached hydrogen (secondary N) is 1. The number of nitrogens with zero attached hydrogens (tertiary/aromatic N) is 2. The molecule has 3 aromatic rings. The van der Waals surface area contributed by atoms with E-state index < -0.39 is 0 Å². The van der Waals surface area contributed by atoms with E-state index in [0.717, 1.165) is 30.9 Å². The summed E-state index contributed by atoms with van der Waals surface area (Å²) >= 11 is 0. The molecule has 20 heavy (non-hydrogen) atoms. The number of aryl methyl sites for hydroxylation is 1. The summed E-state index contributed by atoms with van der Waals surface area (Å²) in [7, 11) is 0. The molecule has 0 amide bonds. The Balaban J connectivity index is 2.10. The van der Waals surface area contributed by atoms with Crippen LogP contribution >= 0.6 is 0 Å². The van der Waals surface area contributed by atoms with Crippen molar-refractivity contribution in [2.24, 2.45) is 0 Å². The van der Waals surface area contributed by atoms with Gasteiger partial charge in [0, 0.05) is 23.2 Å². The molecule has 2 heterocycles. The maximum atomic E-state index is 5.85. The van der Waals surface area contributed by atoms with Crippen molar-refractivity contribution in [2.75, 3.05) is 6.54 Å². The third kappa shape index (κ3) is 2.20. The summed E-state index contributed by atoms with van der Waals surface area (Å²) in [6.07, 6.45) is 2.85. The molecule has 0 aliphatic heterocycles. The van der Waals surface area contributed by atoms with Crippen LogP contribution in [0.3, 0.4) is 0 Å². The van der Waals surface area contributed by atoms with Gasteiger partial charge in [0.2, 0.25) is 0 Å². The summed E-state index contributed by atoms with van der Waals surface area (Å²) < 4.78 is 7.93. The van der Waals surface area contributed by atoms with Gasteiger partial charge in [-0.25, -0.2) is 0 Å². The maximum absolute atomic E-state index is 5.85. The van der Waals surface area contributed by atoms with Gasteiger partial charge in [-0.2, -0.15) is 5.10 Å². The van der Waals surface area contributed by atoms with E-state index in [1.165, 1.54) is 16.3 Å². The highest BCUT2D eigenvalue weighted by atomic mass is 16.3. The third-order valence-electron chi connectivity index (χ3n) is 3.70. The van der Waals surface area contributed by atoms with Gasteiger partial charge in [-0.05, 0) is 31.7 Å². The van der Waals surface area contributed by atoms with Crippen LogP contribution in [0.4, 0.5) is 0 Å². The molecule has 106 valence electrons. The van der Waals surface area contributed by atoms with Crippen molar-refractivity contribution in [1.29, 1.82) is 0 Å². The summed E-state index contributed by atoms with van der Waals surface area (Å²) in [6.45, 7) is 8.26. The largest absolute Gasteiger partial charge is 0.461 e. The van der Waals surface area contributed by atoms with Crippen molar-refractivity contribution < 1.29 is 4.42 Å². The second-order valence-electron chi connectivity index (χ2n) is 5.27. The molecular formula is C16H21N3O. The van der Waals surface area contributed by atoms with E-state index in [1.54, 1.807) is 0 Å². The molecular weight excluding hydrogens is 250 g/mol. The Hall–Kier alpha value is -1.81. The average molecular weight is 271 g/mol. The molecule has 0 saturated heterocycles. The molecule has 1 atom stereocenters. The summed E-state index contributed by atoms with van der Waals surface area (Å²) in [6, 6.07) is 6.67. The molecule has 2 aromatic heterocycles. The minimum atomic E-state index is 0.399. The zero-order valence-corrected chi connectivity index (χ0v) is 12.3. The van der Waals surface area contributed by atoms with Crippen LogP contribution < -0.4 is 5.32 Å². The van der Waals surface area contributed by atoms with Crippen LogP contribution in [0.2, 0.25) is 0 Å². The molecule has 0 saturated carbocycles. The molecule has 1 unspecified atom stereocenters. The van der Waals surface area contributed by atoms with E-state index in [2.05, 4.69) is 48.0 Å². The fourth-order valence-electron chi connectivity index (χ4n) is 2.73. The lowest BCUT2D eigenvalue weighted by Gasteiger charge is -2.13. The van der Waals surface area contributed by atoms with E-state index in [1.807, 2.05) is 12.3 Å². The minimum absolute atomic E-state index is 0.399. The van der Waals surface area contributed by atoms with Gasteiger partial charge < -0.3 is 9.73 Å². The van der Waals surface area contributed by atoms with Crippen molar-refractivity contribution in [3.63, 3.8) is 0 Å². The Morgan fingerprint density at radius 1 is 1.35 bits per heavy atom. The highest BCUT2D eigenvalue weighted by molar-refractivity contribution is 6.03. The first-order valence-electron chi connectivity index (χ1n) is 7.33. The van der Waals surface area contributed by atoms with E-state index in [4.69, 9.17) is 4.42 Å². The van der Waals surface area contributed by atoms with Crippen molar-refractivity contribution in [3.8, 4) is 0 Å². The van der Waals surface area contributed by atoms with Crippen molar-refractivity contribution in [1.82, 2.24) is 15.1 Å². The van der Waals surface area contributed by atoms with Gasteiger partial charge in [-0.1, -0.05) is 13.8 Å². The van der Waals surface area contributed by atoms with Gasteiger partial charge in [0.25, 0.3) is 0 Å². The Morgan fingerprint density at radius 2 is 2.20 bits per heavy atom. The standard InChI is InChI=1S/C16H21N3O/c1-4-13-8-14-15(20-13)7-6-12-9-18-19(16(12)14)10-11(3)17-5-2/h6-9,11,17H,4-5,10H2,1-3H3. The average Bonchev–Trinajstić information content (AvgIpc) is 3.02. The molecule has 3 rings (SSSR count). The molecule has 0 spiro atoms. The first kappa shape index (κ1) is 13.2.